The summed E-state index contributed by atoms with van der Waals surface area (Å²) >= 11 is 1.72. The summed E-state index contributed by atoms with van der Waals surface area (Å²) < 4.78 is 5.11. The Morgan fingerprint density at radius 1 is 0.833 bits per heavy atom. The number of rotatable bonds is 4. The fourth-order valence-corrected chi connectivity index (χ4v) is 2.45. The van der Waals surface area contributed by atoms with E-state index >= 15 is 0 Å². The van der Waals surface area contributed by atoms with Gasteiger partial charge < -0.3 is 4.42 Å². The van der Waals surface area contributed by atoms with Crippen LogP contribution >= 0.6 is 11.3 Å². The highest BCUT2D eigenvalue weighted by Crippen LogP contribution is 2.11. The van der Waals surface area contributed by atoms with E-state index in [4.69, 9.17) is 4.42 Å². The van der Waals surface area contributed by atoms with Gasteiger partial charge in [0.1, 0.15) is 5.76 Å². The molecule has 4 heterocycles. The first-order valence-electron chi connectivity index (χ1n) is 7.32. The molecular weight excluding hydrogens is 320 g/mol. The maximum absolute atomic E-state index is 5.11. The molecule has 0 aliphatic rings. The smallest absolute Gasteiger partial charge is 0.126 e. The van der Waals surface area contributed by atoms with Crippen molar-refractivity contribution in [3.8, 4) is 0 Å². The number of thiophene rings is 1. The number of H-pyrrole nitrogens is 2. The fraction of sp³-hybridized carbons (Fsp3) is 0. The molecule has 0 saturated carbocycles. The van der Waals surface area contributed by atoms with Crippen molar-refractivity contribution in [2.75, 3.05) is 0 Å². The van der Waals surface area contributed by atoms with Crippen LogP contribution in [0.3, 0.4) is 0 Å². The first-order valence-corrected chi connectivity index (χ1v) is 8.20. The van der Waals surface area contributed by atoms with Crippen LogP contribution in [0.1, 0.15) is 22.0 Å². The van der Waals surface area contributed by atoms with Crippen molar-refractivity contribution in [1.29, 1.82) is 0 Å². The molecule has 0 atom stereocenters. The quantitative estimate of drug-likeness (QED) is 0.561. The summed E-state index contributed by atoms with van der Waals surface area (Å²) in [6.45, 7) is 0. The van der Waals surface area contributed by atoms with E-state index in [0.29, 0.717) is 0 Å². The molecule has 0 aromatic carbocycles. The van der Waals surface area contributed by atoms with E-state index in [-0.39, 0.29) is 0 Å². The highest BCUT2D eigenvalue weighted by Gasteiger charge is 1.89. The Kier molecular flexibility index (Phi) is 5.58. The van der Waals surface area contributed by atoms with Gasteiger partial charge in [-0.15, -0.1) is 11.3 Å². The van der Waals surface area contributed by atoms with Gasteiger partial charge in [-0.2, -0.15) is 10.2 Å². The Labute approximate surface area is 143 Å². The van der Waals surface area contributed by atoms with Crippen molar-refractivity contribution in [3.05, 3.63) is 82.5 Å². The number of hydrogen-bond acceptors (Lipinski definition) is 4. The standard InChI is InChI=1S/C9H8N2O.C9H8N2S/c2*1-2-9(12-7-1)4-3-8-5-6-10-11-8/h2*1-7H,(H,10,11)/b2*4-3+. The van der Waals surface area contributed by atoms with Gasteiger partial charge >= 0.3 is 0 Å². The normalized spacial score (nSPS) is 11.0. The molecule has 0 spiro atoms. The zero-order chi connectivity index (χ0) is 16.5. The molecule has 0 saturated heterocycles. The predicted octanol–water partition coefficient (Wildman–Crippen LogP) is 4.81. The third-order valence-electron chi connectivity index (χ3n) is 2.99. The van der Waals surface area contributed by atoms with E-state index in [0.717, 1.165) is 17.1 Å². The van der Waals surface area contributed by atoms with Gasteiger partial charge in [0.25, 0.3) is 0 Å². The molecule has 0 unspecified atom stereocenters. The number of furan rings is 1. The number of hydrogen-bond donors (Lipinski definition) is 2. The molecule has 0 bridgehead atoms. The Morgan fingerprint density at radius 2 is 1.58 bits per heavy atom. The summed E-state index contributed by atoms with van der Waals surface area (Å²) in [4.78, 5) is 1.25. The molecule has 2 N–H and O–H groups in total. The molecule has 5 nitrogen and oxygen atoms in total. The SMILES string of the molecule is C(=C\c1ccco1)/c1ccn[nH]1.C(=C\c1cccs1)/c1ccn[nH]1. The van der Waals surface area contributed by atoms with Crippen molar-refractivity contribution in [3.63, 3.8) is 0 Å². The van der Waals surface area contributed by atoms with Crippen LogP contribution in [0.15, 0.2) is 64.9 Å². The Balaban J connectivity index is 0.000000141. The second-order valence-electron chi connectivity index (χ2n) is 4.72. The molecular formula is C18H16N4OS. The van der Waals surface area contributed by atoms with Gasteiger partial charge in [-0.1, -0.05) is 6.07 Å². The molecule has 120 valence electrons. The van der Waals surface area contributed by atoms with E-state index < -0.39 is 0 Å². The van der Waals surface area contributed by atoms with Gasteiger partial charge in [-0.3, -0.25) is 10.2 Å². The van der Waals surface area contributed by atoms with E-state index in [1.165, 1.54) is 4.88 Å². The zero-order valence-corrected chi connectivity index (χ0v) is 13.6. The monoisotopic (exact) mass is 336 g/mol. The van der Waals surface area contributed by atoms with Crippen molar-refractivity contribution >= 4 is 35.6 Å². The third-order valence-corrected chi connectivity index (χ3v) is 3.82. The van der Waals surface area contributed by atoms with Crippen LogP contribution in [-0.4, -0.2) is 20.4 Å². The molecule has 0 aliphatic heterocycles. The zero-order valence-electron chi connectivity index (χ0n) is 12.8. The Morgan fingerprint density at radius 3 is 2.12 bits per heavy atom. The minimum Gasteiger partial charge on any atom is -0.465 e. The second-order valence-corrected chi connectivity index (χ2v) is 5.70. The Bertz CT molecular complexity index is 696. The summed E-state index contributed by atoms with van der Waals surface area (Å²) in [5.41, 5.74) is 2.00. The molecule has 4 aromatic rings. The lowest BCUT2D eigenvalue weighted by Crippen LogP contribution is -1.69. The first kappa shape index (κ1) is 15.8. The van der Waals surface area contributed by atoms with Crippen LogP contribution in [0.25, 0.3) is 24.3 Å². The topological polar surface area (TPSA) is 70.5 Å². The maximum Gasteiger partial charge on any atom is 0.126 e. The van der Waals surface area contributed by atoms with Crippen LogP contribution in [0.2, 0.25) is 0 Å². The van der Waals surface area contributed by atoms with Gasteiger partial charge in [0, 0.05) is 17.3 Å². The minimum atomic E-state index is 0.838. The van der Waals surface area contributed by atoms with Gasteiger partial charge in [0.15, 0.2) is 0 Å². The predicted molar refractivity (Wildman–Crippen MR) is 98.1 cm³/mol. The van der Waals surface area contributed by atoms with Gasteiger partial charge in [-0.05, 0) is 60.0 Å². The number of nitrogens with one attached hydrogen (secondary N) is 2. The number of aromatic amines is 2. The fourth-order valence-electron chi connectivity index (χ4n) is 1.83. The molecule has 0 aliphatic carbocycles. The second kappa shape index (κ2) is 8.50. The lowest BCUT2D eigenvalue weighted by atomic mass is 10.3. The lowest BCUT2D eigenvalue weighted by molar-refractivity contribution is 0.557. The van der Waals surface area contributed by atoms with Crippen LogP contribution in [-0.2, 0) is 0 Å². The van der Waals surface area contributed by atoms with E-state index in [2.05, 4.69) is 37.9 Å². The van der Waals surface area contributed by atoms with Gasteiger partial charge in [0.05, 0.1) is 17.7 Å². The maximum atomic E-state index is 5.11. The highest BCUT2D eigenvalue weighted by molar-refractivity contribution is 7.10. The van der Waals surface area contributed by atoms with Crippen LogP contribution < -0.4 is 0 Å². The van der Waals surface area contributed by atoms with Gasteiger partial charge in [-0.25, -0.2) is 0 Å². The third kappa shape index (κ3) is 4.96. The first-order chi connectivity index (χ1) is 11.9. The summed E-state index contributed by atoms with van der Waals surface area (Å²) in [7, 11) is 0. The number of aromatic nitrogens is 4. The van der Waals surface area contributed by atoms with Crippen molar-refractivity contribution in [2.24, 2.45) is 0 Å². The molecule has 6 heteroatoms. The summed E-state index contributed by atoms with van der Waals surface area (Å²) in [5, 5.41) is 15.4. The molecule has 0 fully saturated rings. The molecule has 4 rings (SSSR count). The van der Waals surface area contributed by atoms with E-state index in [1.807, 2.05) is 48.6 Å². The van der Waals surface area contributed by atoms with Crippen LogP contribution in [0.5, 0.6) is 0 Å². The summed E-state index contributed by atoms with van der Waals surface area (Å²) in [6.07, 6.45) is 13.0. The average Bonchev–Trinajstić information content (AvgIpc) is 3.43. The molecule has 0 radical (unpaired) electrons. The number of nitrogens with zero attached hydrogens (tertiary/aromatic N) is 2. The highest BCUT2D eigenvalue weighted by atomic mass is 32.1. The van der Waals surface area contributed by atoms with Crippen molar-refractivity contribution in [1.82, 2.24) is 20.4 Å². The van der Waals surface area contributed by atoms with Crippen LogP contribution in [0, 0.1) is 0 Å². The summed E-state index contributed by atoms with van der Waals surface area (Å²) in [5.74, 6) is 0.838. The van der Waals surface area contributed by atoms with Crippen LogP contribution in [0.4, 0.5) is 0 Å². The molecule has 0 amide bonds. The van der Waals surface area contributed by atoms with Crippen molar-refractivity contribution < 1.29 is 4.42 Å². The van der Waals surface area contributed by atoms with Crippen molar-refractivity contribution in [2.45, 2.75) is 0 Å². The van der Waals surface area contributed by atoms with E-state index in [1.54, 1.807) is 30.0 Å². The summed E-state index contributed by atoms with van der Waals surface area (Å²) in [6, 6.07) is 11.7. The molecule has 24 heavy (non-hydrogen) atoms. The lowest BCUT2D eigenvalue weighted by Gasteiger charge is -1.82. The minimum absolute atomic E-state index is 0.838. The van der Waals surface area contributed by atoms with Gasteiger partial charge in [0.2, 0.25) is 0 Å². The molecule has 4 aromatic heterocycles. The average molecular weight is 336 g/mol. The van der Waals surface area contributed by atoms with E-state index in [9.17, 15) is 0 Å². The Hall–Kier alpha value is -3.12. The largest absolute Gasteiger partial charge is 0.465 e.